The number of sulfonamides is 1. The third-order valence-corrected chi connectivity index (χ3v) is 5.56. The highest BCUT2D eigenvalue weighted by Gasteiger charge is 2.28. The minimum atomic E-state index is -3.54. The number of nitrogens with two attached hydrogens (primary N) is 1. The average molecular weight is 286 g/mol. The molecule has 4 nitrogen and oxygen atoms in total. The minimum absolute atomic E-state index is 0.0213. The first-order valence-corrected chi connectivity index (χ1v) is 7.57. The van der Waals surface area contributed by atoms with Crippen LogP contribution in [0.25, 0.3) is 0 Å². The van der Waals surface area contributed by atoms with Gasteiger partial charge in [-0.2, -0.15) is 0 Å². The van der Waals surface area contributed by atoms with Crippen LogP contribution in [-0.2, 0) is 16.4 Å². The lowest BCUT2D eigenvalue weighted by molar-refractivity contribution is 0.591. The Hall–Kier alpha value is -1.14. The molecule has 2 N–H and O–H groups in total. The summed E-state index contributed by atoms with van der Waals surface area (Å²) in [5.41, 5.74) is 7.18. The van der Waals surface area contributed by atoms with Gasteiger partial charge in [0.2, 0.25) is 10.0 Å². The summed E-state index contributed by atoms with van der Waals surface area (Å²) >= 11 is 4.75. The van der Waals surface area contributed by atoms with E-state index >= 15 is 0 Å². The first-order valence-electron chi connectivity index (χ1n) is 5.66. The van der Waals surface area contributed by atoms with Crippen molar-refractivity contribution in [2.45, 2.75) is 25.5 Å². The molecule has 0 bridgehead atoms. The van der Waals surface area contributed by atoms with Crippen LogP contribution in [0.15, 0.2) is 24.3 Å². The number of benzene rings is 1. The normalized spacial score (nSPS) is 13.1. The second-order valence-corrected chi connectivity index (χ2v) is 6.83. The highest BCUT2D eigenvalue weighted by atomic mass is 32.2. The van der Waals surface area contributed by atoms with Crippen LogP contribution in [0.3, 0.4) is 0 Å². The van der Waals surface area contributed by atoms with Gasteiger partial charge in [0.1, 0.15) is 5.25 Å². The molecule has 6 heteroatoms. The van der Waals surface area contributed by atoms with Crippen LogP contribution < -0.4 is 10.0 Å². The van der Waals surface area contributed by atoms with Crippen molar-refractivity contribution in [3.63, 3.8) is 0 Å². The monoisotopic (exact) mass is 286 g/mol. The molecule has 0 spiro atoms. The van der Waals surface area contributed by atoms with Gasteiger partial charge < -0.3 is 5.73 Å². The zero-order chi connectivity index (χ0) is 13.9. The zero-order valence-corrected chi connectivity index (χ0v) is 12.4. The lowest BCUT2D eigenvalue weighted by Gasteiger charge is -2.23. The quantitative estimate of drug-likeness (QED) is 0.837. The van der Waals surface area contributed by atoms with E-state index in [2.05, 4.69) is 0 Å². The van der Waals surface area contributed by atoms with Gasteiger partial charge in [0.05, 0.1) is 10.7 Å². The van der Waals surface area contributed by atoms with Crippen LogP contribution in [0, 0.1) is 0 Å². The fourth-order valence-corrected chi connectivity index (χ4v) is 3.02. The lowest BCUT2D eigenvalue weighted by atomic mass is 10.1. The third-order valence-electron chi connectivity index (χ3n) is 2.94. The maximum absolute atomic E-state index is 12.2. The fourth-order valence-electron chi connectivity index (χ4n) is 1.47. The number of nitrogens with zero attached hydrogens (tertiary/aromatic N) is 1. The predicted molar refractivity (Wildman–Crippen MR) is 79.4 cm³/mol. The number of aryl methyl sites for hydroxylation is 1. The van der Waals surface area contributed by atoms with Crippen LogP contribution in [0.2, 0.25) is 0 Å². The highest BCUT2D eigenvalue weighted by molar-refractivity contribution is 7.95. The Morgan fingerprint density at radius 2 is 1.89 bits per heavy atom. The van der Waals surface area contributed by atoms with E-state index in [4.69, 9.17) is 18.0 Å². The van der Waals surface area contributed by atoms with Crippen molar-refractivity contribution in [1.29, 1.82) is 0 Å². The summed E-state index contributed by atoms with van der Waals surface area (Å²) in [6.45, 7) is 3.54. The SMILES string of the molecule is CCc1ccc(N(C)S(=O)(=O)C(C)C(N)=S)cc1. The van der Waals surface area contributed by atoms with Crippen molar-refractivity contribution in [3.05, 3.63) is 29.8 Å². The molecule has 0 fully saturated rings. The van der Waals surface area contributed by atoms with Gasteiger partial charge in [-0.25, -0.2) is 8.42 Å². The van der Waals surface area contributed by atoms with Gasteiger partial charge in [-0.3, -0.25) is 4.31 Å². The summed E-state index contributed by atoms with van der Waals surface area (Å²) in [5, 5.41) is -0.872. The van der Waals surface area contributed by atoms with Crippen LogP contribution in [0.1, 0.15) is 19.4 Å². The predicted octanol–water partition coefficient (Wildman–Crippen LogP) is 1.69. The molecule has 0 radical (unpaired) electrons. The summed E-state index contributed by atoms with van der Waals surface area (Å²) in [4.78, 5) is -0.0213. The Bertz CT molecular complexity index is 524. The van der Waals surface area contributed by atoms with E-state index in [1.807, 2.05) is 19.1 Å². The molecule has 0 heterocycles. The fraction of sp³-hybridized carbons (Fsp3) is 0.417. The van der Waals surface area contributed by atoms with Crippen molar-refractivity contribution >= 4 is 32.9 Å². The molecule has 0 aliphatic carbocycles. The van der Waals surface area contributed by atoms with Gasteiger partial charge >= 0.3 is 0 Å². The molecule has 1 aromatic rings. The molecule has 1 atom stereocenters. The smallest absolute Gasteiger partial charge is 0.244 e. The van der Waals surface area contributed by atoms with Crippen molar-refractivity contribution in [2.75, 3.05) is 11.4 Å². The summed E-state index contributed by atoms with van der Waals surface area (Å²) in [6, 6.07) is 7.38. The Morgan fingerprint density at radius 3 is 2.28 bits per heavy atom. The third kappa shape index (κ3) is 3.00. The number of hydrogen-bond donors (Lipinski definition) is 1. The summed E-state index contributed by atoms with van der Waals surface area (Å²) < 4.78 is 25.6. The molecule has 1 aromatic carbocycles. The topological polar surface area (TPSA) is 63.4 Å². The molecule has 100 valence electrons. The van der Waals surface area contributed by atoms with Gasteiger partial charge in [0.15, 0.2) is 0 Å². The van der Waals surface area contributed by atoms with Crippen molar-refractivity contribution in [2.24, 2.45) is 5.73 Å². The molecule has 0 saturated heterocycles. The van der Waals surface area contributed by atoms with E-state index in [1.54, 1.807) is 12.1 Å². The molecule has 0 amide bonds. The maximum atomic E-state index is 12.2. The lowest BCUT2D eigenvalue weighted by Crippen LogP contribution is -2.41. The van der Waals surface area contributed by atoms with Gasteiger partial charge in [-0.1, -0.05) is 31.3 Å². The molecule has 0 aliphatic heterocycles. The molecule has 1 rings (SSSR count). The van der Waals surface area contributed by atoms with Crippen LogP contribution in [0.4, 0.5) is 5.69 Å². The van der Waals surface area contributed by atoms with E-state index in [9.17, 15) is 8.42 Å². The first-order chi connectivity index (χ1) is 8.30. The highest BCUT2D eigenvalue weighted by Crippen LogP contribution is 2.20. The Labute approximate surface area is 114 Å². The first kappa shape index (κ1) is 14.9. The van der Waals surface area contributed by atoms with Gasteiger partial charge in [0.25, 0.3) is 0 Å². The second kappa shape index (κ2) is 5.67. The van der Waals surface area contributed by atoms with Crippen LogP contribution >= 0.6 is 12.2 Å². The van der Waals surface area contributed by atoms with E-state index in [1.165, 1.54) is 18.3 Å². The molecule has 1 unspecified atom stereocenters. The van der Waals surface area contributed by atoms with Gasteiger partial charge in [-0.15, -0.1) is 0 Å². The van der Waals surface area contributed by atoms with E-state index < -0.39 is 15.3 Å². The largest absolute Gasteiger partial charge is 0.392 e. The van der Waals surface area contributed by atoms with E-state index in [-0.39, 0.29) is 4.99 Å². The molecule has 18 heavy (non-hydrogen) atoms. The standard InChI is InChI=1S/C12H18N2O2S2/c1-4-10-5-7-11(8-6-10)14(3)18(15,16)9(2)12(13)17/h5-9H,4H2,1-3H3,(H2,13,17). The number of hydrogen-bond acceptors (Lipinski definition) is 3. The molecule has 0 aliphatic rings. The van der Waals surface area contributed by atoms with Crippen molar-refractivity contribution in [3.8, 4) is 0 Å². The Morgan fingerprint density at radius 1 is 1.39 bits per heavy atom. The maximum Gasteiger partial charge on any atom is 0.244 e. The van der Waals surface area contributed by atoms with Crippen LogP contribution in [-0.4, -0.2) is 25.7 Å². The molecule has 0 aromatic heterocycles. The second-order valence-electron chi connectivity index (χ2n) is 4.08. The van der Waals surface area contributed by atoms with Crippen molar-refractivity contribution < 1.29 is 8.42 Å². The summed E-state index contributed by atoms with van der Waals surface area (Å²) in [6.07, 6.45) is 0.917. The average Bonchev–Trinajstić information content (AvgIpc) is 2.36. The minimum Gasteiger partial charge on any atom is -0.392 e. The zero-order valence-electron chi connectivity index (χ0n) is 10.8. The van der Waals surface area contributed by atoms with E-state index in [0.29, 0.717) is 5.69 Å². The van der Waals surface area contributed by atoms with Crippen LogP contribution in [0.5, 0.6) is 0 Å². The number of thiocarbonyl (C=S) groups is 1. The Kier molecular flexibility index (Phi) is 4.70. The molecular formula is C12H18N2O2S2. The number of anilines is 1. The van der Waals surface area contributed by atoms with Crippen molar-refractivity contribution in [1.82, 2.24) is 0 Å². The Balaban J connectivity index is 3.05. The summed E-state index contributed by atoms with van der Waals surface area (Å²) in [5.74, 6) is 0. The number of rotatable bonds is 5. The van der Waals surface area contributed by atoms with Gasteiger partial charge in [0, 0.05) is 7.05 Å². The molecular weight excluding hydrogens is 268 g/mol. The molecule has 0 saturated carbocycles. The van der Waals surface area contributed by atoms with E-state index in [0.717, 1.165) is 12.0 Å². The summed E-state index contributed by atoms with van der Waals surface area (Å²) in [7, 11) is -2.04. The van der Waals surface area contributed by atoms with Gasteiger partial charge in [-0.05, 0) is 31.0 Å².